The second kappa shape index (κ2) is 7.49. The molecule has 1 aliphatic carbocycles. The predicted molar refractivity (Wildman–Crippen MR) is 93.0 cm³/mol. The van der Waals surface area contributed by atoms with Crippen molar-refractivity contribution < 1.29 is 14.8 Å². The number of nitro benzene ring substituents is 1. The number of carbonyl (C=O) groups excluding carboxylic acids is 1. The number of hydrogen-bond acceptors (Lipinski definition) is 5. The summed E-state index contributed by atoms with van der Waals surface area (Å²) in [6, 6.07) is 4.67. The van der Waals surface area contributed by atoms with E-state index in [4.69, 9.17) is 5.73 Å². The maximum Gasteiger partial charge on any atom is 0.274 e. The standard InChI is InChI=1S/C18H25N3O4/c19-18(23)13-6-7-14(17(8-13)21(24)25)10-20-11-15(22)9-16(20)12-4-2-1-3-5-12/h6-8,12,15-16,22H,1-5,9-11H2,(H2,19,23)/t15-,16+/m1/s1. The Hall–Kier alpha value is -1.99. The van der Waals surface area contributed by atoms with Crippen molar-refractivity contribution in [2.45, 2.75) is 57.2 Å². The Bertz CT molecular complexity index is 658. The van der Waals surface area contributed by atoms with Crippen LogP contribution in [-0.2, 0) is 6.54 Å². The molecule has 3 rings (SSSR count). The summed E-state index contributed by atoms with van der Waals surface area (Å²) in [6.07, 6.45) is 6.39. The van der Waals surface area contributed by atoms with Crippen LogP contribution in [0, 0.1) is 16.0 Å². The number of rotatable bonds is 5. The summed E-state index contributed by atoms with van der Waals surface area (Å²) < 4.78 is 0. The average molecular weight is 347 g/mol. The average Bonchev–Trinajstić information content (AvgIpc) is 2.96. The van der Waals surface area contributed by atoms with Gasteiger partial charge in [0.2, 0.25) is 5.91 Å². The van der Waals surface area contributed by atoms with Gasteiger partial charge in [0.1, 0.15) is 0 Å². The molecule has 0 aromatic heterocycles. The van der Waals surface area contributed by atoms with E-state index in [1.54, 1.807) is 6.07 Å². The number of β-amino-alcohol motifs (C(OH)–C–C–N with tert-alkyl or cyclic N) is 1. The molecule has 1 amide bonds. The van der Waals surface area contributed by atoms with E-state index in [0.717, 1.165) is 19.3 Å². The zero-order chi connectivity index (χ0) is 18.0. The third kappa shape index (κ3) is 3.99. The number of aliphatic hydroxyl groups excluding tert-OH is 1. The fourth-order valence-electron chi connectivity index (χ4n) is 4.34. The number of carbonyl (C=O) groups is 1. The van der Waals surface area contributed by atoms with Crippen molar-refractivity contribution in [1.29, 1.82) is 0 Å². The molecule has 2 fully saturated rings. The highest BCUT2D eigenvalue weighted by Gasteiger charge is 2.37. The van der Waals surface area contributed by atoms with Gasteiger partial charge in [-0.2, -0.15) is 0 Å². The minimum Gasteiger partial charge on any atom is -0.392 e. The van der Waals surface area contributed by atoms with Gasteiger partial charge in [0.15, 0.2) is 0 Å². The highest BCUT2D eigenvalue weighted by atomic mass is 16.6. The second-order valence-electron chi connectivity index (χ2n) is 7.25. The van der Waals surface area contributed by atoms with Gasteiger partial charge in [-0.1, -0.05) is 25.3 Å². The fraction of sp³-hybridized carbons (Fsp3) is 0.611. The van der Waals surface area contributed by atoms with Crippen LogP contribution in [0.5, 0.6) is 0 Å². The first-order chi connectivity index (χ1) is 12.0. The molecule has 25 heavy (non-hydrogen) atoms. The molecule has 1 aromatic rings. The highest BCUT2D eigenvalue weighted by Crippen LogP contribution is 2.36. The summed E-state index contributed by atoms with van der Waals surface area (Å²) >= 11 is 0. The maximum atomic E-state index is 11.4. The normalized spacial score (nSPS) is 25.2. The number of nitrogens with zero attached hydrogens (tertiary/aromatic N) is 2. The largest absolute Gasteiger partial charge is 0.392 e. The minimum atomic E-state index is -0.675. The van der Waals surface area contributed by atoms with Gasteiger partial charge in [0.25, 0.3) is 5.69 Å². The number of benzene rings is 1. The van der Waals surface area contributed by atoms with E-state index >= 15 is 0 Å². The highest BCUT2D eigenvalue weighted by molar-refractivity contribution is 5.93. The lowest BCUT2D eigenvalue weighted by Gasteiger charge is -2.33. The Morgan fingerprint density at radius 1 is 1.32 bits per heavy atom. The van der Waals surface area contributed by atoms with Gasteiger partial charge in [0.05, 0.1) is 11.0 Å². The molecule has 2 atom stereocenters. The van der Waals surface area contributed by atoms with Crippen molar-refractivity contribution >= 4 is 11.6 Å². The molecule has 136 valence electrons. The number of hydrogen-bond donors (Lipinski definition) is 2. The molecule has 7 heteroatoms. The molecule has 1 saturated carbocycles. The minimum absolute atomic E-state index is 0.0833. The SMILES string of the molecule is NC(=O)c1ccc(CN2C[C@H](O)C[C@H]2C2CCCCC2)c([N+](=O)[O-])c1. The van der Waals surface area contributed by atoms with E-state index in [-0.39, 0.29) is 23.4 Å². The van der Waals surface area contributed by atoms with E-state index in [0.29, 0.717) is 24.6 Å². The van der Waals surface area contributed by atoms with Gasteiger partial charge in [0, 0.05) is 36.3 Å². The van der Waals surface area contributed by atoms with Crippen molar-refractivity contribution in [3.8, 4) is 0 Å². The predicted octanol–water partition coefficient (Wildman–Crippen LogP) is 2.21. The summed E-state index contributed by atoms with van der Waals surface area (Å²) in [7, 11) is 0. The van der Waals surface area contributed by atoms with Crippen molar-refractivity contribution in [2.75, 3.05) is 6.54 Å². The molecule has 1 aliphatic heterocycles. The Morgan fingerprint density at radius 3 is 2.68 bits per heavy atom. The van der Waals surface area contributed by atoms with Crippen LogP contribution in [0.1, 0.15) is 54.4 Å². The zero-order valence-electron chi connectivity index (χ0n) is 14.3. The molecule has 0 bridgehead atoms. The van der Waals surface area contributed by atoms with Gasteiger partial charge in [-0.25, -0.2) is 0 Å². The van der Waals surface area contributed by atoms with Gasteiger partial charge in [-0.3, -0.25) is 19.8 Å². The molecule has 0 radical (unpaired) electrons. The lowest BCUT2D eigenvalue weighted by atomic mass is 9.82. The zero-order valence-corrected chi connectivity index (χ0v) is 14.3. The van der Waals surface area contributed by atoms with Crippen molar-refractivity contribution in [2.24, 2.45) is 11.7 Å². The molecule has 3 N–H and O–H groups in total. The molecule has 1 aromatic carbocycles. The molecule has 0 spiro atoms. The first kappa shape index (κ1) is 17.8. The monoisotopic (exact) mass is 347 g/mol. The third-order valence-corrected chi connectivity index (χ3v) is 5.56. The number of aliphatic hydroxyl groups is 1. The molecular weight excluding hydrogens is 322 g/mol. The van der Waals surface area contributed by atoms with Gasteiger partial charge in [-0.05, 0) is 31.2 Å². The van der Waals surface area contributed by atoms with Crippen molar-refractivity contribution in [3.63, 3.8) is 0 Å². The van der Waals surface area contributed by atoms with E-state index in [2.05, 4.69) is 4.90 Å². The summed E-state index contributed by atoms with van der Waals surface area (Å²) in [5.41, 5.74) is 5.85. The van der Waals surface area contributed by atoms with Crippen LogP contribution in [0.3, 0.4) is 0 Å². The lowest BCUT2D eigenvalue weighted by Crippen LogP contribution is -2.36. The first-order valence-corrected chi connectivity index (χ1v) is 8.95. The first-order valence-electron chi connectivity index (χ1n) is 8.95. The number of nitrogens with two attached hydrogens (primary N) is 1. The third-order valence-electron chi connectivity index (χ3n) is 5.56. The fourth-order valence-corrected chi connectivity index (χ4v) is 4.34. The summed E-state index contributed by atoms with van der Waals surface area (Å²) in [6.45, 7) is 0.948. The lowest BCUT2D eigenvalue weighted by molar-refractivity contribution is -0.385. The number of amides is 1. The molecular formula is C18H25N3O4. The number of likely N-dealkylation sites (tertiary alicyclic amines) is 1. The molecule has 2 aliphatic rings. The Morgan fingerprint density at radius 2 is 2.04 bits per heavy atom. The molecule has 7 nitrogen and oxygen atoms in total. The van der Waals surface area contributed by atoms with Gasteiger partial charge >= 0.3 is 0 Å². The van der Waals surface area contributed by atoms with E-state index < -0.39 is 10.8 Å². The van der Waals surface area contributed by atoms with Crippen LogP contribution >= 0.6 is 0 Å². The Kier molecular flexibility index (Phi) is 5.34. The van der Waals surface area contributed by atoms with E-state index in [1.165, 1.54) is 31.4 Å². The van der Waals surface area contributed by atoms with Crippen molar-refractivity contribution in [3.05, 3.63) is 39.4 Å². The second-order valence-corrected chi connectivity index (χ2v) is 7.25. The Labute approximate surface area is 147 Å². The van der Waals surface area contributed by atoms with Crippen LogP contribution in [-0.4, -0.2) is 39.5 Å². The number of nitro groups is 1. The van der Waals surface area contributed by atoms with E-state index in [9.17, 15) is 20.0 Å². The van der Waals surface area contributed by atoms with Crippen LogP contribution in [0.2, 0.25) is 0 Å². The van der Waals surface area contributed by atoms with Crippen LogP contribution < -0.4 is 5.73 Å². The molecule has 1 saturated heterocycles. The van der Waals surface area contributed by atoms with Crippen LogP contribution in [0.25, 0.3) is 0 Å². The van der Waals surface area contributed by atoms with E-state index in [1.807, 2.05) is 0 Å². The molecule has 1 heterocycles. The quantitative estimate of drug-likeness (QED) is 0.627. The smallest absolute Gasteiger partial charge is 0.274 e. The van der Waals surface area contributed by atoms with Crippen molar-refractivity contribution in [1.82, 2.24) is 4.90 Å². The number of primary amides is 1. The summed E-state index contributed by atoms with van der Waals surface area (Å²) in [4.78, 5) is 24.4. The topological polar surface area (TPSA) is 110 Å². The van der Waals surface area contributed by atoms with Gasteiger partial charge < -0.3 is 10.8 Å². The molecule has 0 unspecified atom stereocenters. The summed E-state index contributed by atoms with van der Waals surface area (Å²) in [5, 5.41) is 21.5. The maximum absolute atomic E-state index is 11.4. The summed E-state index contributed by atoms with van der Waals surface area (Å²) in [5.74, 6) is -0.124. The van der Waals surface area contributed by atoms with Crippen LogP contribution in [0.4, 0.5) is 5.69 Å². The van der Waals surface area contributed by atoms with Gasteiger partial charge in [-0.15, -0.1) is 0 Å². The Balaban J connectivity index is 1.82. The van der Waals surface area contributed by atoms with Crippen LogP contribution in [0.15, 0.2) is 18.2 Å².